The van der Waals surface area contributed by atoms with Crippen molar-refractivity contribution < 1.29 is 5.11 Å². The number of anilines is 1. The van der Waals surface area contributed by atoms with E-state index in [4.69, 9.17) is 17.3 Å². The summed E-state index contributed by atoms with van der Waals surface area (Å²) in [6, 6.07) is 11.0. The van der Waals surface area contributed by atoms with Crippen molar-refractivity contribution in [3.05, 3.63) is 51.7 Å². The minimum atomic E-state index is -0.163. The first-order valence-electron chi connectivity index (χ1n) is 5.93. The molecule has 3 N–H and O–H groups in total. The van der Waals surface area contributed by atoms with Crippen LogP contribution in [-0.4, -0.2) is 14.7 Å². The third-order valence-corrected chi connectivity index (χ3v) is 3.91. The summed E-state index contributed by atoms with van der Waals surface area (Å²) >= 11 is 9.46. The summed E-state index contributed by atoms with van der Waals surface area (Å²) in [5, 5.41) is 10.2. The number of fused-ring (bicyclic) bond motifs is 1. The zero-order valence-electron chi connectivity index (χ0n) is 10.3. The molecule has 20 heavy (non-hydrogen) atoms. The van der Waals surface area contributed by atoms with Crippen molar-refractivity contribution in [3.8, 4) is 5.69 Å². The molecule has 0 aliphatic rings. The maximum Gasteiger partial charge on any atom is 0.140 e. The zero-order valence-corrected chi connectivity index (χ0v) is 12.7. The lowest BCUT2D eigenvalue weighted by atomic mass is 10.2. The standard InChI is InChI=1S/C14H11BrClN3O/c15-10-5-8(16)1-3-12(10)19-13-4-2-9(17)6-11(13)18-14(19)7-20/h1-6,20H,7,17H2. The van der Waals surface area contributed by atoms with Crippen molar-refractivity contribution in [2.45, 2.75) is 6.61 Å². The van der Waals surface area contributed by atoms with Crippen LogP contribution in [0.25, 0.3) is 16.7 Å². The van der Waals surface area contributed by atoms with E-state index in [1.54, 1.807) is 18.2 Å². The molecule has 3 rings (SSSR count). The lowest BCUT2D eigenvalue weighted by Gasteiger charge is -2.10. The fraction of sp³-hybridized carbons (Fsp3) is 0.0714. The van der Waals surface area contributed by atoms with Crippen LogP contribution in [0.3, 0.4) is 0 Å². The van der Waals surface area contributed by atoms with E-state index < -0.39 is 0 Å². The molecule has 0 unspecified atom stereocenters. The van der Waals surface area contributed by atoms with Crippen LogP contribution in [0.1, 0.15) is 5.82 Å². The molecule has 0 radical (unpaired) electrons. The fourth-order valence-electron chi connectivity index (χ4n) is 2.18. The van der Waals surface area contributed by atoms with Crippen molar-refractivity contribution >= 4 is 44.3 Å². The SMILES string of the molecule is Nc1ccc2c(c1)nc(CO)n2-c1ccc(Cl)cc1Br. The van der Waals surface area contributed by atoms with Gasteiger partial charge < -0.3 is 10.8 Å². The minimum absolute atomic E-state index is 0.163. The van der Waals surface area contributed by atoms with Crippen LogP contribution >= 0.6 is 27.5 Å². The molecule has 0 saturated heterocycles. The van der Waals surface area contributed by atoms with Gasteiger partial charge in [0.25, 0.3) is 0 Å². The maximum absolute atomic E-state index is 9.54. The van der Waals surface area contributed by atoms with Crippen LogP contribution < -0.4 is 5.73 Å². The highest BCUT2D eigenvalue weighted by molar-refractivity contribution is 9.10. The molecule has 0 amide bonds. The van der Waals surface area contributed by atoms with Gasteiger partial charge in [0.2, 0.25) is 0 Å². The summed E-state index contributed by atoms with van der Waals surface area (Å²) in [6.45, 7) is -0.163. The van der Waals surface area contributed by atoms with Crippen LogP contribution in [0, 0.1) is 0 Å². The third-order valence-electron chi connectivity index (χ3n) is 3.04. The third kappa shape index (κ3) is 2.18. The van der Waals surface area contributed by atoms with E-state index in [-0.39, 0.29) is 6.61 Å². The molecule has 1 aromatic heterocycles. The van der Waals surface area contributed by atoms with E-state index in [0.29, 0.717) is 16.5 Å². The molecule has 3 aromatic rings. The Morgan fingerprint density at radius 1 is 1.25 bits per heavy atom. The highest BCUT2D eigenvalue weighted by Gasteiger charge is 2.14. The van der Waals surface area contributed by atoms with E-state index in [1.165, 1.54) is 0 Å². The molecular weight excluding hydrogens is 342 g/mol. The molecule has 1 heterocycles. The molecule has 0 aliphatic carbocycles. The Balaban J connectivity index is 2.34. The summed E-state index contributed by atoms with van der Waals surface area (Å²) < 4.78 is 2.71. The fourth-order valence-corrected chi connectivity index (χ4v) is 3.04. The Kier molecular flexibility index (Phi) is 3.41. The number of nitrogens with zero attached hydrogens (tertiary/aromatic N) is 2. The summed E-state index contributed by atoms with van der Waals surface area (Å²) in [5.41, 5.74) is 8.91. The second kappa shape index (κ2) is 5.09. The first kappa shape index (κ1) is 13.4. The maximum atomic E-state index is 9.54. The quantitative estimate of drug-likeness (QED) is 0.694. The lowest BCUT2D eigenvalue weighted by Crippen LogP contribution is -2.01. The van der Waals surface area contributed by atoms with Crippen LogP contribution in [0.5, 0.6) is 0 Å². The Bertz CT molecular complexity index is 800. The molecular formula is C14H11BrClN3O. The number of aliphatic hydroxyl groups is 1. The molecule has 0 saturated carbocycles. The predicted octanol–water partition coefficient (Wildman–Crippen LogP) is 3.52. The Labute approximate surface area is 128 Å². The van der Waals surface area contributed by atoms with Crippen LogP contribution in [0.15, 0.2) is 40.9 Å². The van der Waals surface area contributed by atoms with Gasteiger partial charge in [-0.15, -0.1) is 0 Å². The van der Waals surface area contributed by atoms with E-state index in [0.717, 1.165) is 21.2 Å². The number of hydrogen-bond donors (Lipinski definition) is 2. The number of nitrogens with two attached hydrogens (primary N) is 1. The average molecular weight is 353 g/mol. The van der Waals surface area contributed by atoms with Crippen molar-refractivity contribution in [2.24, 2.45) is 0 Å². The number of benzene rings is 2. The number of nitrogen functional groups attached to an aromatic ring is 1. The van der Waals surface area contributed by atoms with E-state index in [2.05, 4.69) is 20.9 Å². The van der Waals surface area contributed by atoms with Gasteiger partial charge in [-0.25, -0.2) is 4.98 Å². The van der Waals surface area contributed by atoms with E-state index >= 15 is 0 Å². The summed E-state index contributed by atoms with van der Waals surface area (Å²) in [5.74, 6) is 0.550. The van der Waals surface area contributed by atoms with Crippen molar-refractivity contribution in [2.75, 3.05) is 5.73 Å². The van der Waals surface area contributed by atoms with Crippen molar-refractivity contribution in [1.82, 2.24) is 9.55 Å². The summed E-state index contributed by atoms with van der Waals surface area (Å²) in [4.78, 5) is 4.41. The van der Waals surface area contributed by atoms with Crippen molar-refractivity contribution in [1.29, 1.82) is 0 Å². The highest BCUT2D eigenvalue weighted by Crippen LogP contribution is 2.30. The first-order chi connectivity index (χ1) is 9.60. The second-order valence-electron chi connectivity index (χ2n) is 4.37. The number of aliphatic hydroxyl groups excluding tert-OH is 1. The molecule has 6 heteroatoms. The van der Waals surface area contributed by atoms with Gasteiger partial charge in [-0.3, -0.25) is 4.57 Å². The van der Waals surface area contributed by atoms with Gasteiger partial charge in [0, 0.05) is 15.2 Å². The highest BCUT2D eigenvalue weighted by atomic mass is 79.9. The Hall–Kier alpha value is -1.56. The van der Waals surface area contributed by atoms with Crippen LogP contribution in [-0.2, 0) is 6.61 Å². The number of aromatic nitrogens is 2. The first-order valence-corrected chi connectivity index (χ1v) is 7.10. The molecule has 0 atom stereocenters. The van der Waals surface area contributed by atoms with Gasteiger partial charge >= 0.3 is 0 Å². The molecule has 0 aliphatic heterocycles. The van der Waals surface area contributed by atoms with Crippen LogP contribution in [0.4, 0.5) is 5.69 Å². The normalized spacial score (nSPS) is 11.2. The van der Waals surface area contributed by atoms with Crippen molar-refractivity contribution in [3.63, 3.8) is 0 Å². The van der Waals surface area contributed by atoms with E-state index in [1.807, 2.05) is 22.8 Å². The Morgan fingerprint density at radius 2 is 2.05 bits per heavy atom. The number of imidazole rings is 1. The smallest absolute Gasteiger partial charge is 0.140 e. The van der Waals surface area contributed by atoms with Gasteiger partial charge in [0.15, 0.2) is 0 Å². The minimum Gasteiger partial charge on any atom is -0.399 e. The zero-order chi connectivity index (χ0) is 14.3. The molecule has 0 fully saturated rings. The largest absolute Gasteiger partial charge is 0.399 e. The van der Waals surface area contributed by atoms with Gasteiger partial charge in [0.05, 0.1) is 16.7 Å². The van der Waals surface area contributed by atoms with E-state index in [9.17, 15) is 5.11 Å². The van der Waals surface area contributed by atoms with Gasteiger partial charge in [-0.2, -0.15) is 0 Å². The molecule has 2 aromatic carbocycles. The van der Waals surface area contributed by atoms with Crippen LogP contribution in [0.2, 0.25) is 5.02 Å². The monoisotopic (exact) mass is 351 g/mol. The molecule has 102 valence electrons. The second-order valence-corrected chi connectivity index (χ2v) is 5.66. The number of rotatable bonds is 2. The Morgan fingerprint density at radius 3 is 2.75 bits per heavy atom. The predicted molar refractivity (Wildman–Crippen MR) is 84.1 cm³/mol. The number of hydrogen-bond acceptors (Lipinski definition) is 3. The van der Waals surface area contributed by atoms with Gasteiger partial charge in [-0.05, 0) is 52.3 Å². The summed E-state index contributed by atoms with van der Waals surface area (Å²) in [7, 11) is 0. The lowest BCUT2D eigenvalue weighted by molar-refractivity contribution is 0.270. The molecule has 0 bridgehead atoms. The summed E-state index contributed by atoms with van der Waals surface area (Å²) in [6.07, 6.45) is 0. The topological polar surface area (TPSA) is 64.1 Å². The number of halogens is 2. The average Bonchev–Trinajstić information content (AvgIpc) is 2.76. The van der Waals surface area contributed by atoms with Gasteiger partial charge in [-0.1, -0.05) is 11.6 Å². The van der Waals surface area contributed by atoms with Gasteiger partial charge in [0.1, 0.15) is 12.4 Å². The molecule has 0 spiro atoms. The molecule has 4 nitrogen and oxygen atoms in total.